The predicted molar refractivity (Wildman–Crippen MR) is 215 cm³/mol. The van der Waals surface area contributed by atoms with Crippen molar-refractivity contribution in [1.82, 2.24) is 4.90 Å². The van der Waals surface area contributed by atoms with E-state index in [4.69, 9.17) is 9.26 Å². The van der Waals surface area contributed by atoms with Crippen LogP contribution in [0.3, 0.4) is 0 Å². The molecule has 1 saturated heterocycles. The van der Waals surface area contributed by atoms with Gasteiger partial charge in [0.15, 0.2) is 7.37 Å². The summed E-state index contributed by atoms with van der Waals surface area (Å²) in [5.74, 6) is 1.22. The van der Waals surface area contributed by atoms with Crippen LogP contribution in [0.25, 0.3) is 0 Å². The van der Waals surface area contributed by atoms with Gasteiger partial charge in [-0.3, -0.25) is 18.9 Å². The lowest BCUT2D eigenvalue weighted by Gasteiger charge is -2.73. The van der Waals surface area contributed by atoms with E-state index >= 15 is 4.79 Å². The molecule has 0 aromatic rings. The summed E-state index contributed by atoms with van der Waals surface area (Å²) in [6.45, 7) is 23.8. The summed E-state index contributed by atoms with van der Waals surface area (Å²) in [6, 6.07) is 0. The van der Waals surface area contributed by atoms with Gasteiger partial charge in [-0.25, -0.2) is 0 Å². The fourth-order valence-corrected chi connectivity index (χ4v) is 17.2. The maximum absolute atomic E-state index is 15.1. The van der Waals surface area contributed by atoms with Gasteiger partial charge in [0.2, 0.25) is 5.91 Å². The van der Waals surface area contributed by atoms with Gasteiger partial charge >= 0.3 is 11.9 Å². The summed E-state index contributed by atoms with van der Waals surface area (Å²) >= 11 is 0. The van der Waals surface area contributed by atoms with E-state index < -0.39 is 24.7 Å². The van der Waals surface area contributed by atoms with Gasteiger partial charge in [-0.15, -0.1) is 0 Å². The Balaban J connectivity index is 1.03. The highest BCUT2D eigenvalue weighted by atomic mass is 31.2. The van der Waals surface area contributed by atoms with Crippen LogP contribution in [-0.4, -0.2) is 66.5 Å². The van der Waals surface area contributed by atoms with E-state index in [-0.39, 0.29) is 51.2 Å². The number of rotatable bonds is 7. The second-order valence-corrected chi connectivity index (χ2v) is 26.0. The first-order chi connectivity index (χ1) is 25.4. The molecular formula is C46H74NO7P. The normalized spacial score (nSPS) is 46.9. The quantitative estimate of drug-likeness (QED) is 0.202. The van der Waals surface area contributed by atoms with Crippen LogP contribution in [0.4, 0.5) is 0 Å². The van der Waals surface area contributed by atoms with Gasteiger partial charge < -0.3 is 19.3 Å². The first-order valence-corrected chi connectivity index (χ1v) is 24.9. The summed E-state index contributed by atoms with van der Waals surface area (Å²) in [6.07, 6.45) is 15.4. The van der Waals surface area contributed by atoms with Gasteiger partial charge in [0, 0.05) is 31.8 Å². The number of nitrogens with zero attached hydrogens (tertiary/aromatic N) is 1. The number of hydrogen-bond donors (Lipinski definition) is 1. The van der Waals surface area contributed by atoms with Gasteiger partial charge in [-0.05, 0) is 153 Å². The fraction of sp³-hybridized carbons (Fsp3) is 0.935. The molecule has 9 heteroatoms. The Morgan fingerprint density at radius 3 is 1.95 bits per heavy atom. The fourth-order valence-electron chi connectivity index (χ4n) is 16.3. The molecule has 310 valence electrons. The third kappa shape index (κ3) is 5.86. The molecule has 8 rings (SSSR count). The molecule has 0 radical (unpaired) electrons. The third-order valence-corrected chi connectivity index (χ3v) is 20.8. The average molecular weight is 784 g/mol. The van der Waals surface area contributed by atoms with E-state index in [9.17, 15) is 19.3 Å². The maximum Gasteiger partial charge on any atom is 0.309 e. The van der Waals surface area contributed by atoms with E-state index in [1.165, 1.54) is 38.5 Å². The molecule has 1 amide bonds. The van der Waals surface area contributed by atoms with Crippen LogP contribution >= 0.6 is 7.37 Å². The monoisotopic (exact) mass is 784 g/mol. The first kappa shape index (κ1) is 40.4. The highest BCUT2D eigenvalue weighted by Gasteiger charge is 2.74. The predicted octanol–water partition coefficient (Wildman–Crippen LogP) is 10.1. The number of amides is 1. The molecule has 7 aliphatic carbocycles. The molecule has 0 aromatic carbocycles. The summed E-state index contributed by atoms with van der Waals surface area (Å²) in [4.78, 5) is 42.8. The molecule has 1 N–H and O–H groups in total. The zero-order valence-electron chi connectivity index (χ0n) is 36.0. The molecule has 0 aromatic heterocycles. The number of hydrogen-bond acceptors (Lipinski definition) is 6. The smallest absolute Gasteiger partial charge is 0.309 e. The SMILES string of the molecule is CC1(C2CCC3(C(=O)N4CCC(OP(C)(C)=O)CC4)CCC4(C)C(CCC5C6(C)CCC(OC(=O)C7CC(C(=O)O)C7(C)C)C(C)(C)C6CCC54C)C23)CC1. The minimum atomic E-state index is -2.57. The largest absolute Gasteiger partial charge is 0.481 e. The van der Waals surface area contributed by atoms with Crippen molar-refractivity contribution in [3.8, 4) is 0 Å². The topological polar surface area (TPSA) is 110 Å². The molecule has 0 spiro atoms. The molecule has 0 bridgehead atoms. The number of ether oxygens (including phenoxy) is 1. The Morgan fingerprint density at radius 1 is 0.673 bits per heavy atom. The molecule has 8 fully saturated rings. The summed E-state index contributed by atoms with van der Waals surface area (Å²) in [5, 5.41) is 9.68. The summed E-state index contributed by atoms with van der Waals surface area (Å²) < 4.78 is 24.8. The Hall–Kier alpha value is -1.40. The van der Waals surface area contributed by atoms with Crippen LogP contribution in [0, 0.1) is 79.3 Å². The Labute approximate surface area is 332 Å². The lowest BCUT2D eigenvalue weighted by atomic mass is 9.32. The maximum atomic E-state index is 15.1. The number of aliphatic carboxylic acids is 1. The standard InChI is InChI=1S/C46H74NO7P/c1-40(2)31(37(48)49)27-32(40)38(50)53-35-15-18-43(6)33(41(35,3)4)14-19-45(8)34(43)12-11-30-36-29(42(5)21-22-42)13-20-46(36,24-23-44(30,45)7)39(51)47-25-16-28(17-26-47)54-55(9,10)52/h28-36H,11-27H2,1-10H3,(H,48,49). The van der Waals surface area contributed by atoms with Gasteiger partial charge in [0.05, 0.1) is 23.4 Å². The number of likely N-dealkylation sites (tertiary alicyclic amines) is 1. The average Bonchev–Trinajstić information content (AvgIpc) is 3.70. The van der Waals surface area contributed by atoms with E-state index in [2.05, 4.69) is 46.4 Å². The van der Waals surface area contributed by atoms with Gasteiger partial charge in [0.25, 0.3) is 0 Å². The number of fused-ring (bicyclic) bond motifs is 7. The van der Waals surface area contributed by atoms with Crippen LogP contribution in [-0.2, 0) is 28.2 Å². The minimum Gasteiger partial charge on any atom is -0.481 e. The van der Waals surface area contributed by atoms with Gasteiger partial charge in [-0.2, -0.15) is 0 Å². The van der Waals surface area contributed by atoms with Crippen LogP contribution < -0.4 is 0 Å². The number of carboxylic acid groups (broad SMARTS) is 1. The Bertz CT molecular complexity index is 1640. The van der Waals surface area contributed by atoms with Crippen LogP contribution in [0.5, 0.6) is 0 Å². The number of piperidine rings is 1. The van der Waals surface area contributed by atoms with Crippen molar-refractivity contribution >= 4 is 25.2 Å². The minimum absolute atomic E-state index is 0.0187. The van der Waals surface area contributed by atoms with E-state index in [0.29, 0.717) is 60.4 Å². The summed E-state index contributed by atoms with van der Waals surface area (Å²) in [5.41, 5.74) is -0.146. The Kier molecular flexibility index (Phi) is 9.40. The third-order valence-electron chi connectivity index (χ3n) is 20.0. The van der Waals surface area contributed by atoms with Gasteiger partial charge in [0.1, 0.15) is 6.10 Å². The van der Waals surface area contributed by atoms with E-state index in [0.717, 1.165) is 51.4 Å². The molecule has 12 atom stereocenters. The van der Waals surface area contributed by atoms with Crippen LogP contribution in [0.15, 0.2) is 0 Å². The zero-order valence-corrected chi connectivity index (χ0v) is 36.9. The number of esters is 1. The molecule has 8 nitrogen and oxygen atoms in total. The second-order valence-electron chi connectivity index (χ2n) is 23.3. The molecule has 1 heterocycles. The van der Waals surface area contributed by atoms with Crippen molar-refractivity contribution in [3.05, 3.63) is 0 Å². The van der Waals surface area contributed by atoms with E-state index in [1.54, 1.807) is 13.3 Å². The van der Waals surface area contributed by atoms with Crippen molar-refractivity contribution in [2.75, 3.05) is 26.4 Å². The van der Waals surface area contributed by atoms with Crippen molar-refractivity contribution in [3.63, 3.8) is 0 Å². The highest BCUT2D eigenvalue weighted by molar-refractivity contribution is 7.57. The lowest BCUT2D eigenvalue weighted by Crippen LogP contribution is -2.68. The number of carbonyl (C=O) groups excluding carboxylic acids is 2. The van der Waals surface area contributed by atoms with E-state index in [1.807, 2.05) is 13.8 Å². The van der Waals surface area contributed by atoms with Crippen molar-refractivity contribution in [2.45, 2.75) is 164 Å². The lowest BCUT2D eigenvalue weighted by molar-refractivity contribution is -0.253. The Morgan fingerprint density at radius 2 is 1.35 bits per heavy atom. The molecule has 12 unspecified atom stereocenters. The zero-order chi connectivity index (χ0) is 39.9. The number of carbonyl (C=O) groups is 3. The second kappa shape index (κ2) is 12.8. The summed E-state index contributed by atoms with van der Waals surface area (Å²) in [7, 11) is -2.57. The molecular weight excluding hydrogens is 709 g/mol. The first-order valence-electron chi connectivity index (χ1n) is 22.4. The molecule has 55 heavy (non-hydrogen) atoms. The highest BCUT2D eigenvalue weighted by Crippen LogP contribution is 2.79. The van der Waals surface area contributed by atoms with Crippen LogP contribution in [0.2, 0.25) is 0 Å². The van der Waals surface area contributed by atoms with Crippen molar-refractivity contribution in [1.29, 1.82) is 0 Å². The van der Waals surface area contributed by atoms with Crippen LogP contribution in [0.1, 0.15) is 152 Å². The molecule has 8 aliphatic rings. The molecule has 7 saturated carbocycles. The van der Waals surface area contributed by atoms with Crippen molar-refractivity contribution in [2.24, 2.45) is 79.3 Å². The number of carboxylic acids is 1. The molecule has 1 aliphatic heterocycles. The van der Waals surface area contributed by atoms with Gasteiger partial charge in [-0.1, -0.05) is 55.4 Å². The van der Waals surface area contributed by atoms with Crippen molar-refractivity contribution < 1.29 is 33.3 Å².